The summed E-state index contributed by atoms with van der Waals surface area (Å²) in [6, 6.07) is 0.856. The summed E-state index contributed by atoms with van der Waals surface area (Å²) in [6.45, 7) is 4.13. The molecule has 98 valence electrons. The molecule has 2 rings (SSSR count). The van der Waals surface area contributed by atoms with Gasteiger partial charge in [0.05, 0.1) is 13.2 Å². The van der Waals surface area contributed by atoms with Gasteiger partial charge < -0.3 is 15.4 Å². The van der Waals surface area contributed by atoms with Gasteiger partial charge in [-0.1, -0.05) is 19.8 Å². The van der Waals surface area contributed by atoms with Crippen LogP contribution in [0.5, 0.6) is 0 Å². The minimum Gasteiger partial charge on any atom is -0.381 e. The second-order valence-electron chi connectivity index (χ2n) is 5.38. The van der Waals surface area contributed by atoms with Gasteiger partial charge >= 0.3 is 0 Å². The van der Waals surface area contributed by atoms with Crippen LogP contribution in [-0.4, -0.2) is 37.7 Å². The summed E-state index contributed by atoms with van der Waals surface area (Å²) < 4.78 is 5.37. The molecule has 2 atom stereocenters. The van der Waals surface area contributed by atoms with Crippen LogP contribution in [0.25, 0.3) is 0 Å². The third-order valence-electron chi connectivity index (χ3n) is 3.89. The summed E-state index contributed by atoms with van der Waals surface area (Å²) in [7, 11) is 0. The number of hydrogen-bond donors (Lipinski definition) is 2. The van der Waals surface area contributed by atoms with Gasteiger partial charge in [-0.15, -0.1) is 0 Å². The summed E-state index contributed by atoms with van der Waals surface area (Å²) in [6.07, 6.45) is 5.99. The highest BCUT2D eigenvalue weighted by molar-refractivity contribution is 5.78. The van der Waals surface area contributed by atoms with Gasteiger partial charge in [-0.3, -0.25) is 4.79 Å². The largest absolute Gasteiger partial charge is 0.381 e. The minimum atomic E-state index is 0.135. The Bertz CT molecular complexity index is 252. The lowest BCUT2D eigenvalue weighted by molar-refractivity contribution is -0.122. The summed E-state index contributed by atoms with van der Waals surface area (Å²) in [5.41, 5.74) is 0. The van der Waals surface area contributed by atoms with Crippen LogP contribution in [0.3, 0.4) is 0 Å². The van der Waals surface area contributed by atoms with Crippen LogP contribution < -0.4 is 10.6 Å². The fourth-order valence-corrected chi connectivity index (χ4v) is 2.72. The lowest BCUT2D eigenvalue weighted by Gasteiger charge is -2.29. The Morgan fingerprint density at radius 3 is 2.76 bits per heavy atom. The van der Waals surface area contributed by atoms with Gasteiger partial charge in [0, 0.05) is 18.7 Å². The van der Waals surface area contributed by atoms with Crippen LogP contribution >= 0.6 is 0 Å². The quantitative estimate of drug-likeness (QED) is 0.772. The molecular weight excluding hydrogens is 216 g/mol. The van der Waals surface area contributed by atoms with Crippen LogP contribution in [0, 0.1) is 5.92 Å². The van der Waals surface area contributed by atoms with Gasteiger partial charge in [0.2, 0.25) is 5.91 Å². The molecule has 0 aromatic rings. The van der Waals surface area contributed by atoms with Crippen LogP contribution in [0.4, 0.5) is 0 Å². The van der Waals surface area contributed by atoms with Crippen LogP contribution in [0.1, 0.15) is 39.0 Å². The van der Waals surface area contributed by atoms with Crippen molar-refractivity contribution in [3.8, 4) is 0 Å². The second kappa shape index (κ2) is 6.36. The molecule has 1 amide bonds. The Balaban J connectivity index is 1.65. The Hall–Kier alpha value is -0.610. The predicted molar refractivity (Wildman–Crippen MR) is 66.8 cm³/mol. The molecule has 1 heterocycles. The average molecular weight is 240 g/mol. The van der Waals surface area contributed by atoms with Gasteiger partial charge in [0.15, 0.2) is 0 Å². The second-order valence-corrected chi connectivity index (χ2v) is 5.38. The van der Waals surface area contributed by atoms with E-state index in [9.17, 15) is 4.79 Å². The molecule has 2 unspecified atom stereocenters. The zero-order valence-electron chi connectivity index (χ0n) is 10.7. The van der Waals surface area contributed by atoms with Crippen molar-refractivity contribution in [3.05, 3.63) is 0 Å². The fraction of sp³-hybridized carbons (Fsp3) is 0.923. The molecule has 0 aromatic carbocycles. The molecule has 17 heavy (non-hydrogen) atoms. The molecule has 1 aliphatic heterocycles. The molecule has 1 aliphatic carbocycles. The molecule has 0 radical (unpaired) electrons. The maximum absolute atomic E-state index is 11.8. The van der Waals surface area contributed by atoms with Crippen molar-refractivity contribution in [2.75, 3.05) is 19.8 Å². The van der Waals surface area contributed by atoms with Crippen molar-refractivity contribution in [1.29, 1.82) is 0 Å². The first-order chi connectivity index (χ1) is 8.25. The van der Waals surface area contributed by atoms with Crippen molar-refractivity contribution in [2.24, 2.45) is 5.92 Å². The number of nitrogens with one attached hydrogen (secondary N) is 2. The molecule has 4 nitrogen and oxygen atoms in total. The average Bonchev–Trinajstić information content (AvgIpc) is 2.82. The van der Waals surface area contributed by atoms with E-state index in [1.807, 2.05) is 0 Å². The lowest BCUT2D eigenvalue weighted by Crippen LogP contribution is -2.48. The molecule has 0 aromatic heterocycles. The van der Waals surface area contributed by atoms with Crippen molar-refractivity contribution in [2.45, 2.75) is 51.1 Å². The monoisotopic (exact) mass is 240 g/mol. The Labute approximate surface area is 103 Å². The zero-order chi connectivity index (χ0) is 12.1. The van der Waals surface area contributed by atoms with Gasteiger partial charge in [0.1, 0.15) is 0 Å². The molecule has 2 fully saturated rings. The molecule has 4 heteroatoms. The van der Waals surface area contributed by atoms with E-state index in [1.165, 1.54) is 25.7 Å². The highest BCUT2D eigenvalue weighted by Crippen LogP contribution is 2.17. The Kier molecular flexibility index (Phi) is 4.80. The molecule has 2 N–H and O–H groups in total. The van der Waals surface area contributed by atoms with Crippen LogP contribution in [-0.2, 0) is 9.53 Å². The number of carbonyl (C=O) groups excluding carboxylic acids is 1. The van der Waals surface area contributed by atoms with Crippen LogP contribution in [0.15, 0.2) is 0 Å². The third-order valence-corrected chi connectivity index (χ3v) is 3.89. The Morgan fingerprint density at radius 1 is 1.29 bits per heavy atom. The highest BCUT2D eigenvalue weighted by Gasteiger charge is 2.23. The maximum Gasteiger partial charge on any atom is 0.234 e. The summed E-state index contributed by atoms with van der Waals surface area (Å²) in [5.74, 6) is 0.565. The number of amides is 1. The van der Waals surface area contributed by atoms with Crippen molar-refractivity contribution < 1.29 is 9.53 Å². The van der Waals surface area contributed by atoms with E-state index >= 15 is 0 Å². The number of hydrogen-bond acceptors (Lipinski definition) is 3. The molecule has 2 aliphatic rings. The minimum absolute atomic E-state index is 0.135. The van der Waals surface area contributed by atoms with E-state index in [0.29, 0.717) is 24.5 Å². The smallest absolute Gasteiger partial charge is 0.234 e. The van der Waals surface area contributed by atoms with E-state index in [4.69, 9.17) is 4.74 Å². The van der Waals surface area contributed by atoms with E-state index in [2.05, 4.69) is 17.6 Å². The summed E-state index contributed by atoms with van der Waals surface area (Å²) >= 11 is 0. The first kappa shape index (κ1) is 12.8. The topological polar surface area (TPSA) is 50.4 Å². The first-order valence-corrected chi connectivity index (χ1v) is 6.86. The lowest BCUT2D eigenvalue weighted by atomic mass is 9.98. The number of carbonyl (C=O) groups is 1. The van der Waals surface area contributed by atoms with Crippen molar-refractivity contribution in [3.63, 3.8) is 0 Å². The number of rotatable bonds is 4. The normalized spacial score (nSPS) is 30.4. The van der Waals surface area contributed by atoms with Gasteiger partial charge in [0.25, 0.3) is 0 Å². The van der Waals surface area contributed by atoms with Gasteiger partial charge in [-0.05, 0) is 25.2 Å². The summed E-state index contributed by atoms with van der Waals surface area (Å²) in [4.78, 5) is 11.8. The fourth-order valence-electron chi connectivity index (χ4n) is 2.72. The molecule has 1 saturated carbocycles. The van der Waals surface area contributed by atoms with E-state index in [0.717, 1.165) is 19.6 Å². The number of ether oxygens (including phenoxy) is 1. The molecular formula is C13H24N2O2. The van der Waals surface area contributed by atoms with Gasteiger partial charge in [-0.25, -0.2) is 0 Å². The molecule has 0 spiro atoms. The molecule has 0 bridgehead atoms. The van der Waals surface area contributed by atoms with Crippen LogP contribution in [0.2, 0.25) is 0 Å². The highest BCUT2D eigenvalue weighted by atomic mass is 16.5. The first-order valence-electron chi connectivity index (χ1n) is 6.86. The molecule has 1 saturated heterocycles. The SMILES string of the molecule is CC1COCCC1NC(=O)CNC1CCCC1. The van der Waals surface area contributed by atoms with Crippen molar-refractivity contribution in [1.82, 2.24) is 10.6 Å². The third kappa shape index (κ3) is 3.96. The van der Waals surface area contributed by atoms with Gasteiger partial charge in [-0.2, -0.15) is 0 Å². The zero-order valence-corrected chi connectivity index (χ0v) is 10.7. The van der Waals surface area contributed by atoms with E-state index < -0.39 is 0 Å². The van der Waals surface area contributed by atoms with E-state index in [1.54, 1.807) is 0 Å². The summed E-state index contributed by atoms with van der Waals surface area (Å²) in [5, 5.41) is 6.45. The Morgan fingerprint density at radius 2 is 2.06 bits per heavy atom. The van der Waals surface area contributed by atoms with Crippen molar-refractivity contribution >= 4 is 5.91 Å². The standard InChI is InChI=1S/C13H24N2O2/c1-10-9-17-7-6-12(10)15-13(16)8-14-11-4-2-3-5-11/h10-12,14H,2-9H2,1H3,(H,15,16). The predicted octanol–water partition coefficient (Wildman–Crippen LogP) is 1.06. The van der Waals surface area contributed by atoms with E-state index in [-0.39, 0.29) is 5.91 Å². The maximum atomic E-state index is 11.8.